The van der Waals surface area contributed by atoms with E-state index in [0.29, 0.717) is 16.4 Å². The summed E-state index contributed by atoms with van der Waals surface area (Å²) in [6.07, 6.45) is 6.80. The van der Waals surface area contributed by atoms with Gasteiger partial charge in [-0.3, -0.25) is 19.8 Å². The van der Waals surface area contributed by atoms with Gasteiger partial charge in [0.1, 0.15) is 5.70 Å². The van der Waals surface area contributed by atoms with E-state index in [2.05, 4.69) is 5.32 Å². The number of hydrogen-bond acceptors (Lipinski definition) is 4. The van der Waals surface area contributed by atoms with Crippen molar-refractivity contribution in [3.8, 4) is 0 Å². The first-order chi connectivity index (χ1) is 11.1. The average Bonchev–Trinajstić information content (AvgIpc) is 2.82. The third kappa shape index (κ3) is 3.10. The van der Waals surface area contributed by atoms with Crippen LogP contribution in [-0.4, -0.2) is 26.9 Å². The SMILES string of the molecule is O=C1/C(=C/c2ccccc2[N+](=O)[O-])NC(=S)N1C1CCCCC1. The van der Waals surface area contributed by atoms with Crippen LogP contribution in [0.5, 0.6) is 0 Å². The van der Waals surface area contributed by atoms with Gasteiger partial charge in [0, 0.05) is 12.1 Å². The molecule has 0 bridgehead atoms. The summed E-state index contributed by atoms with van der Waals surface area (Å²) in [5, 5.41) is 14.4. The van der Waals surface area contributed by atoms with Gasteiger partial charge in [0.2, 0.25) is 0 Å². The van der Waals surface area contributed by atoms with Gasteiger partial charge in [-0.1, -0.05) is 31.4 Å². The van der Waals surface area contributed by atoms with Crippen molar-refractivity contribution in [3.63, 3.8) is 0 Å². The summed E-state index contributed by atoms with van der Waals surface area (Å²) in [4.78, 5) is 24.9. The molecular formula is C16H17N3O3S. The summed E-state index contributed by atoms with van der Waals surface area (Å²) in [6.45, 7) is 0. The highest BCUT2D eigenvalue weighted by Gasteiger charge is 2.36. The molecule has 1 heterocycles. The van der Waals surface area contributed by atoms with Crippen molar-refractivity contribution in [1.29, 1.82) is 0 Å². The van der Waals surface area contributed by atoms with E-state index in [1.54, 1.807) is 23.1 Å². The van der Waals surface area contributed by atoms with Crippen LogP contribution in [0.25, 0.3) is 6.08 Å². The number of nitrogens with one attached hydrogen (secondary N) is 1. The molecule has 1 N–H and O–H groups in total. The number of carbonyl (C=O) groups excluding carboxylic acids is 1. The molecule has 0 atom stereocenters. The van der Waals surface area contributed by atoms with Crippen molar-refractivity contribution in [3.05, 3.63) is 45.6 Å². The highest BCUT2D eigenvalue weighted by molar-refractivity contribution is 7.80. The predicted molar refractivity (Wildman–Crippen MR) is 90.5 cm³/mol. The average molecular weight is 331 g/mol. The van der Waals surface area contributed by atoms with Gasteiger partial charge >= 0.3 is 0 Å². The maximum atomic E-state index is 12.6. The number of rotatable bonds is 3. The molecule has 1 saturated carbocycles. The van der Waals surface area contributed by atoms with Crippen LogP contribution in [0, 0.1) is 10.1 Å². The van der Waals surface area contributed by atoms with Crippen LogP contribution < -0.4 is 5.32 Å². The molecule has 3 rings (SSSR count). The van der Waals surface area contributed by atoms with Crippen LogP contribution >= 0.6 is 12.2 Å². The van der Waals surface area contributed by atoms with Gasteiger partial charge in [0.25, 0.3) is 11.6 Å². The van der Waals surface area contributed by atoms with Crippen molar-refractivity contribution >= 4 is 35.0 Å². The number of nitro groups is 1. The quantitative estimate of drug-likeness (QED) is 0.399. The van der Waals surface area contributed by atoms with Crippen LogP contribution in [0.2, 0.25) is 0 Å². The fraction of sp³-hybridized carbons (Fsp3) is 0.375. The molecule has 120 valence electrons. The van der Waals surface area contributed by atoms with E-state index in [4.69, 9.17) is 12.2 Å². The first-order valence-electron chi connectivity index (χ1n) is 7.67. The number of para-hydroxylation sites is 1. The lowest BCUT2D eigenvalue weighted by atomic mass is 9.94. The lowest BCUT2D eigenvalue weighted by Crippen LogP contribution is -2.41. The van der Waals surface area contributed by atoms with E-state index in [-0.39, 0.29) is 17.6 Å². The Morgan fingerprint density at radius 3 is 2.65 bits per heavy atom. The Hall–Kier alpha value is -2.28. The molecule has 1 aromatic rings. The van der Waals surface area contributed by atoms with Crippen LogP contribution in [-0.2, 0) is 4.79 Å². The standard InChI is InChI=1S/C16H17N3O3S/c20-15-13(10-11-6-4-5-9-14(11)19(21)22)17-16(23)18(15)12-7-2-1-3-8-12/h4-6,9-10,12H,1-3,7-8H2,(H,17,23)/b13-10-. The molecule has 0 unspecified atom stereocenters. The van der Waals surface area contributed by atoms with Gasteiger partial charge in [-0.05, 0) is 37.2 Å². The fourth-order valence-corrected chi connectivity index (χ4v) is 3.49. The number of amides is 1. The van der Waals surface area contributed by atoms with E-state index in [0.717, 1.165) is 25.7 Å². The fourth-order valence-electron chi connectivity index (χ4n) is 3.15. The van der Waals surface area contributed by atoms with Gasteiger partial charge in [-0.25, -0.2) is 0 Å². The number of benzene rings is 1. The predicted octanol–water partition coefficient (Wildman–Crippen LogP) is 2.99. The first kappa shape index (κ1) is 15.6. The van der Waals surface area contributed by atoms with Crippen molar-refractivity contribution in [1.82, 2.24) is 10.2 Å². The monoisotopic (exact) mass is 331 g/mol. The minimum atomic E-state index is -0.455. The lowest BCUT2D eigenvalue weighted by molar-refractivity contribution is -0.385. The van der Waals surface area contributed by atoms with Crippen LogP contribution in [0.3, 0.4) is 0 Å². The maximum Gasteiger partial charge on any atom is 0.276 e. The summed E-state index contributed by atoms with van der Waals surface area (Å²) in [6, 6.07) is 6.47. The Kier molecular flexibility index (Phi) is 4.38. The normalized spacial score (nSPS) is 20.9. The van der Waals surface area contributed by atoms with E-state index in [1.807, 2.05) is 0 Å². The minimum Gasteiger partial charge on any atom is -0.328 e. The Morgan fingerprint density at radius 2 is 1.96 bits per heavy atom. The Balaban J connectivity index is 1.88. The maximum absolute atomic E-state index is 12.6. The van der Waals surface area contributed by atoms with Gasteiger partial charge in [-0.2, -0.15) is 0 Å². The zero-order valence-electron chi connectivity index (χ0n) is 12.5. The molecule has 7 heteroatoms. The van der Waals surface area contributed by atoms with Crippen molar-refractivity contribution in [2.24, 2.45) is 0 Å². The Morgan fingerprint density at radius 1 is 1.26 bits per heavy atom. The molecule has 2 fully saturated rings. The molecule has 23 heavy (non-hydrogen) atoms. The van der Waals surface area contributed by atoms with Gasteiger partial charge in [0.05, 0.1) is 10.5 Å². The summed E-state index contributed by atoms with van der Waals surface area (Å²) in [5.41, 5.74) is 0.660. The molecule has 0 radical (unpaired) electrons. The minimum absolute atomic E-state index is 0.0309. The Bertz CT molecular complexity index is 696. The van der Waals surface area contributed by atoms with Crippen molar-refractivity contribution < 1.29 is 9.72 Å². The molecule has 2 aliphatic rings. The third-order valence-corrected chi connectivity index (χ3v) is 4.58. The zero-order valence-corrected chi connectivity index (χ0v) is 13.3. The summed E-state index contributed by atoms with van der Waals surface area (Å²) in [7, 11) is 0. The third-order valence-electron chi connectivity index (χ3n) is 4.28. The van der Waals surface area contributed by atoms with Crippen LogP contribution in [0.1, 0.15) is 37.7 Å². The topological polar surface area (TPSA) is 75.5 Å². The van der Waals surface area contributed by atoms with Crippen molar-refractivity contribution in [2.75, 3.05) is 0 Å². The number of nitro benzene ring substituents is 1. The molecule has 0 aromatic heterocycles. The molecule has 6 nitrogen and oxygen atoms in total. The molecule has 1 aliphatic heterocycles. The van der Waals surface area contributed by atoms with Crippen LogP contribution in [0.15, 0.2) is 30.0 Å². The van der Waals surface area contributed by atoms with E-state index >= 15 is 0 Å². The second kappa shape index (κ2) is 6.45. The number of thiocarbonyl (C=S) groups is 1. The molecule has 1 amide bonds. The second-order valence-corrected chi connectivity index (χ2v) is 6.16. The Labute approximate surface area is 139 Å². The largest absolute Gasteiger partial charge is 0.328 e. The second-order valence-electron chi connectivity index (χ2n) is 5.77. The van der Waals surface area contributed by atoms with E-state index in [1.165, 1.54) is 18.6 Å². The smallest absolute Gasteiger partial charge is 0.276 e. The molecule has 1 aromatic carbocycles. The highest BCUT2D eigenvalue weighted by atomic mass is 32.1. The molecule has 1 saturated heterocycles. The number of nitrogens with zero attached hydrogens (tertiary/aromatic N) is 2. The van der Waals surface area contributed by atoms with Crippen molar-refractivity contribution in [2.45, 2.75) is 38.1 Å². The van der Waals surface area contributed by atoms with E-state index in [9.17, 15) is 14.9 Å². The molecule has 0 spiro atoms. The highest BCUT2D eigenvalue weighted by Crippen LogP contribution is 2.28. The summed E-state index contributed by atoms with van der Waals surface area (Å²) >= 11 is 5.30. The van der Waals surface area contributed by atoms with Gasteiger partial charge in [0.15, 0.2) is 5.11 Å². The van der Waals surface area contributed by atoms with Gasteiger partial charge in [-0.15, -0.1) is 0 Å². The number of carbonyl (C=O) groups is 1. The van der Waals surface area contributed by atoms with Crippen LogP contribution in [0.4, 0.5) is 5.69 Å². The first-order valence-corrected chi connectivity index (χ1v) is 8.08. The summed E-state index contributed by atoms with van der Waals surface area (Å²) in [5.74, 6) is -0.194. The number of hydrogen-bond donors (Lipinski definition) is 1. The molecular weight excluding hydrogens is 314 g/mol. The molecule has 1 aliphatic carbocycles. The van der Waals surface area contributed by atoms with E-state index < -0.39 is 4.92 Å². The lowest BCUT2D eigenvalue weighted by Gasteiger charge is -2.29. The zero-order chi connectivity index (χ0) is 16.4. The van der Waals surface area contributed by atoms with Gasteiger partial charge < -0.3 is 5.32 Å². The summed E-state index contributed by atoms with van der Waals surface area (Å²) < 4.78 is 0.